The van der Waals surface area contributed by atoms with E-state index in [2.05, 4.69) is 15.4 Å². The maximum Gasteiger partial charge on any atom is 0.224 e. The van der Waals surface area contributed by atoms with Crippen LogP contribution in [0.2, 0.25) is 0 Å². The van der Waals surface area contributed by atoms with Crippen molar-refractivity contribution in [3.05, 3.63) is 41.7 Å². The van der Waals surface area contributed by atoms with E-state index in [0.29, 0.717) is 17.5 Å². The molecule has 0 aliphatic carbocycles. The summed E-state index contributed by atoms with van der Waals surface area (Å²) in [7, 11) is 0. The minimum atomic E-state index is -0.183. The van der Waals surface area contributed by atoms with Crippen LogP contribution >= 0.6 is 0 Å². The molecule has 0 saturated heterocycles. The van der Waals surface area contributed by atoms with Gasteiger partial charge in [-0.25, -0.2) is 10.8 Å². The van der Waals surface area contributed by atoms with Gasteiger partial charge in [-0.05, 0) is 24.6 Å². The van der Waals surface area contributed by atoms with Gasteiger partial charge in [-0.15, -0.1) is 0 Å². The highest BCUT2D eigenvalue weighted by atomic mass is 16.5. The molecule has 0 bridgehead atoms. The molecule has 0 spiro atoms. The average Bonchev–Trinajstić information content (AvgIpc) is 2.37. The molecule has 0 saturated carbocycles. The van der Waals surface area contributed by atoms with Crippen LogP contribution in [0.3, 0.4) is 0 Å². The predicted octanol–water partition coefficient (Wildman–Crippen LogP) is 3.16. The van der Waals surface area contributed by atoms with Crippen molar-refractivity contribution >= 4 is 5.82 Å². The molecule has 5 nitrogen and oxygen atoms in total. The van der Waals surface area contributed by atoms with E-state index in [1.54, 1.807) is 6.07 Å². The molecule has 0 aliphatic rings. The number of aryl methyl sites for hydroxylation is 1. The standard InChI is InChI=1S/C15H20N4O/c1-10-6-5-7-11(8-10)20-13-9-12(19-16)17-14(18-13)15(2,3)4/h5-9H,16H2,1-4H3,(H,17,18,19). The lowest BCUT2D eigenvalue weighted by molar-refractivity contribution is 0.446. The molecular formula is C15H20N4O. The summed E-state index contributed by atoms with van der Waals surface area (Å²) >= 11 is 0. The number of nitrogens with zero attached hydrogens (tertiary/aromatic N) is 2. The molecule has 0 amide bonds. The van der Waals surface area contributed by atoms with Gasteiger partial charge in [0.05, 0.1) is 0 Å². The Balaban J connectivity index is 2.36. The van der Waals surface area contributed by atoms with Crippen molar-refractivity contribution in [2.45, 2.75) is 33.1 Å². The summed E-state index contributed by atoms with van der Waals surface area (Å²) < 4.78 is 5.79. The van der Waals surface area contributed by atoms with E-state index in [0.717, 1.165) is 11.3 Å². The van der Waals surface area contributed by atoms with Crippen LogP contribution in [0.25, 0.3) is 0 Å². The van der Waals surface area contributed by atoms with Crippen LogP contribution in [0.15, 0.2) is 30.3 Å². The number of hydrogen-bond acceptors (Lipinski definition) is 5. The van der Waals surface area contributed by atoms with Crippen LogP contribution in [-0.2, 0) is 5.41 Å². The van der Waals surface area contributed by atoms with E-state index in [1.807, 2.05) is 52.0 Å². The topological polar surface area (TPSA) is 73.1 Å². The van der Waals surface area contributed by atoms with Gasteiger partial charge in [-0.2, -0.15) is 4.98 Å². The SMILES string of the molecule is Cc1cccc(Oc2cc(NN)nc(C(C)(C)C)n2)c1. The van der Waals surface area contributed by atoms with Crippen molar-refractivity contribution in [2.75, 3.05) is 5.43 Å². The van der Waals surface area contributed by atoms with Crippen LogP contribution < -0.4 is 16.0 Å². The van der Waals surface area contributed by atoms with Crippen molar-refractivity contribution < 1.29 is 4.74 Å². The van der Waals surface area contributed by atoms with Crippen LogP contribution in [0.4, 0.5) is 5.82 Å². The third kappa shape index (κ3) is 3.45. The molecule has 0 aliphatic heterocycles. The average molecular weight is 272 g/mol. The number of nitrogens with one attached hydrogen (secondary N) is 1. The number of nitrogens with two attached hydrogens (primary N) is 1. The summed E-state index contributed by atoms with van der Waals surface area (Å²) in [5, 5.41) is 0. The highest BCUT2D eigenvalue weighted by Gasteiger charge is 2.19. The monoisotopic (exact) mass is 272 g/mol. The number of benzene rings is 1. The van der Waals surface area contributed by atoms with Crippen LogP contribution in [-0.4, -0.2) is 9.97 Å². The summed E-state index contributed by atoms with van der Waals surface area (Å²) in [5.41, 5.74) is 3.49. The van der Waals surface area contributed by atoms with Gasteiger partial charge in [0, 0.05) is 11.5 Å². The van der Waals surface area contributed by atoms with Crippen molar-refractivity contribution in [1.82, 2.24) is 9.97 Å². The molecule has 5 heteroatoms. The highest BCUT2D eigenvalue weighted by molar-refractivity contribution is 5.40. The molecule has 106 valence electrons. The number of ether oxygens (including phenoxy) is 1. The van der Waals surface area contributed by atoms with Crippen molar-refractivity contribution in [3.8, 4) is 11.6 Å². The van der Waals surface area contributed by atoms with Crippen LogP contribution in [0.5, 0.6) is 11.6 Å². The third-order valence-electron chi connectivity index (χ3n) is 2.73. The number of aromatic nitrogens is 2. The molecule has 0 atom stereocenters. The molecule has 20 heavy (non-hydrogen) atoms. The van der Waals surface area contributed by atoms with Gasteiger partial charge in [0.2, 0.25) is 5.88 Å². The van der Waals surface area contributed by atoms with Crippen molar-refractivity contribution in [3.63, 3.8) is 0 Å². The van der Waals surface area contributed by atoms with Gasteiger partial charge in [0.1, 0.15) is 17.4 Å². The molecule has 2 rings (SSSR count). The summed E-state index contributed by atoms with van der Waals surface area (Å²) in [6.07, 6.45) is 0. The fourth-order valence-corrected chi connectivity index (χ4v) is 1.69. The van der Waals surface area contributed by atoms with Gasteiger partial charge in [-0.1, -0.05) is 32.9 Å². The Hall–Kier alpha value is -2.14. The Morgan fingerprint density at radius 2 is 1.90 bits per heavy atom. The normalized spacial score (nSPS) is 11.2. The first-order valence-electron chi connectivity index (χ1n) is 6.49. The molecule has 0 radical (unpaired) electrons. The van der Waals surface area contributed by atoms with Crippen LogP contribution in [0.1, 0.15) is 32.2 Å². The summed E-state index contributed by atoms with van der Waals surface area (Å²) in [4.78, 5) is 8.80. The summed E-state index contributed by atoms with van der Waals surface area (Å²) in [5.74, 6) is 7.88. The zero-order valence-corrected chi connectivity index (χ0v) is 12.3. The number of nitrogen functional groups attached to an aromatic ring is 1. The second-order valence-electron chi connectivity index (χ2n) is 5.73. The Labute approximate surface area is 119 Å². The van der Waals surface area contributed by atoms with Crippen molar-refractivity contribution in [2.24, 2.45) is 5.84 Å². The Morgan fingerprint density at radius 1 is 1.15 bits per heavy atom. The first kappa shape index (κ1) is 14.3. The van der Waals surface area contributed by atoms with E-state index in [1.165, 1.54) is 0 Å². The Morgan fingerprint density at radius 3 is 2.50 bits per heavy atom. The molecule has 1 aromatic heterocycles. The maximum atomic E-state index is 5.79. The summed E-state index contributed by atoms with van der Waals surface area (Å²) in [6, 6.07) is 9.48. The van der Waals surface area contributed by atoms with Gasteiger partial charge >= 0.3 is 0 Å². The number of rotatable bonds is 3. The minimum Gasteiger partial charge on any atom is -0.439 e. The number of hydrogen-bond donors (Lipinski definition) is 2. The zero-order valence-electron chi connectivity index (χ0n) is 12.3. The van der Waals surface area contributed by atoms with E-state index < -0.39 is 0 Å². The summed E-state index contributed by atoms with van der Waals surface area (Å²) in [6.45, 7) is 8.14. The van der Waals surface area contributed by atoms with E-state index in [4.69, 9.17) is 10.6 Å². The lowest BCUT2D eigenvalue weighted by Gasteiger charge is -2.18. The molecule has 0 unspecified atom stereocenters. The zero-order chi connectivity index (χ0) is 14.8. The van der Waals surface area contributed by atoms with E-state index in [-0.39, 0.29) is 5.41 Å². The fraction of sp³-hybridized carbons (Fsp3) is 0.333. The smallest absolute Gasteiger partial charge is 0.224 e. The van der Waals surface area contributed by atoms with Gasteiger partial charge < -0.3 is 10.2 Å². The van der Waals surface area contributed by atoms with E-state index in [9.17, 15) is 0 Å². The largest absolute Gasteiger partial charge is 0.439 e. The number of anilines is 1. The second-order valence-corrected chi connectivity index (χ2v) is 5.73. The second kappa shape index (κ2) is 5.46. The highest BCUT2D eigenvalue weighted by Crippen LogP contribution is 2.26. The number of hydrazine groups is 1. The minimum absolute atomic E-state index is 0.183. The molecule has 1 aromatic carbocycles. The molecule has 2 aromatic rings. The Bertz CT molecular complexity index is 605. The molecule has 0 fully saturated rings. The maximum absolute atomic E-state index is 5.79. The van der Waals surface area contributed by atoms with Gasteiger partial charge in [0.15, 0.2) is 0 Å². The lowest BCUT2D eigenvalue weighted by atomic mass is 9.96. The third-order valence-corrected chi connectivity index (χ3v) is 2.73. The molecule has 1 heterocycles. The molecular weight excluding hydrogens is 252 g/mol. The predicted molar refractivity (Wildman–Crippen MR) is 79.8 cm³/mol. The first-order chi connectivity index (χ1) is 9.38. The van der Waals surface area contributed by atoms with Crippen molar-refractivity contribution in [1.29, 1.82) is 0 Å². The first-order valence-corrected chi connectivity index (χ1v) is 6.49. The van der Waals surface area contributed by atoms with Crippen LogP contribution in [0, 0.1) is 6.92 Å². The van der Waals surface area contributed by atoms with Gasteiger partial charge in [0.25, 0.3) is 0 Å². The Kier molecular flexibility index (Phi) is 3.90. The molecule has 3 N–H and O–H groups in total. The quantitative estimate of drug-likeness (QED) is 0.663. The van der Waals surface area contributed by atoms with Gasteiger partial charge in [-0.3, -0.25) is 0 Å². The lowest BCUT2D eigenvalue weighted by Crippen LogP contribution is -2.19. The fourth-order valence-electron chi connectivity index (χ4n) is 1.69. The van der Waals surface area contributed by atoms with E-state index >= 15 is 0 Å².